The summed E-state index contributed by atoms with van der Waals surface area (Å²) >= 11 is 0. The molecule has 4 nitrogen and oxygen atoms in total. The van der Waals surface area contributed by atoms with E-state index in [-0.39, 0.29) is 5.91 Å². The third kappa shape index (κ3) is 4.16. The van der Waals surface area contributed by atoms with Gasteiger partial charge in [-0.3, -0.25) is 4.79 Å². The Hall–Kier alpha value is -2.75. The molecule has 0 saturated heterocycles. The summed E-state index contributed by atoms with van der Waals surface area (Å²) in [7, 11) is 0. The molecule has 124 valence electrons. The van der Waals surface area contributed by atoms with Crippen LogP contribution >= 0.6 is 0 Å². The molecule has 0 fully saturated rings. The lowest BCUT2D eigenvalue weighted by Crippen LogP contribution is -2.27. The van der Waals surface area contributed by atoms with E-state index in [0.29, 0.717) is 19.6 Å². The Labute approximate surface area is 141 Å². The summed E-state index contributed by atoms with van der Waals surface area (Å²) in [5, 5.41) is 4.19. The van der Waals surface area contributed by atoms with E-state index in [1.165, 1.54) is 10.9 Å². The molecule has 0 saturated carbocycles. The number of rotatable bonds is 7. The van der Waals surface area contributed by atoms with Gasteiger partial charge in [-0.05, 0) is 60.2 Å². The van der Waals surface area contributed by atoms with Crippen molar-refractivity contribution in [2.24, 2.45) is 0 Å². The molecule has 0 unspecified atom stereocenters. The molecule has 0 aliphatic heterocycles. The summed E-state index contributed by atoms with van der Waals surface area (Å²) in [5.41, 5.74) is 3.35. The van der Waals surface area contributed by atoms with Gasteiger partial charge in [-0.1, -0.05) is 18.2 Å². The van der Waals surface area contributed by atoms with Gasteiger partial charge in [-0.15, -0.1) is 0 Å². The van der Waals surface area contributed by atoms with E-state index in [4.69, 9.17) is 4.74 Å². The summed E-state index contributed by atoms with van der Waals surface area (Å²) in [6, 6.07) is 16.1. The van der Waals surface area contributed by atoms with Crippen molar-refractivity contribution in [1.82, 2.24) is 10.3 Å². The summed E-state index contributed by atoms with van der Waals surface area (Å²) in [5.74, 6) is 0.878. The number of aromatic amines is 1. The minimum atomic E-state index is 0.0434. The van der Waals surface area contributed by atoms with Crippen molar-refractivity contribution in [3.05, 3.63) is 65.9 Å². The Morgan fingerprint density at radius 2 is 1.88 bits per heavy atom. The second-order valence-corrected chi connectivity index (χ2v) is 5.75. The van der Waals surface area contributed by atoms with Crippen LogP contribution in [0.15, 0.2) is 54.7 Å². The van der Waals surface area contributed by atoms with Crippen LogP contribution < -0.4 is 10.1 Å². The number of benzene rings is 2. The van der Waals surface area contributed by atoms with Crippen molar-refractivity contribution in [2.45, 2.75) is 19.8 Å². The van der Waals surface area contributed by atoms with Crippen molar-refractivity contribution in [1.29, 1.82) is 0 Å². The molecular formula is C20H22N2O2. The van der Waals surface area contributed by atoms with Crippen LogP contribution in [0.25, 0.3) is 10.9 Å². The number of fused-ring (bicyclic) bond motifs is 1. The highest BCUT2D eigenvalue weighted by atomic mass is 16.5. The van der Waals surface area contributed by atoms with Crippen LogP contribution in [0, 0.1) is 0 Å². The Kier molecular flexibility index (Phi) is 5.16. The molecule has 0 spiro atoms. The van der Waals surface area contributed by atoms with Gasteiger partial charge in [0.05, 0.1) is 13.0 Å². The number of nitrogens with one attached hydrogen (secondary N) is 2. The minimum absolute atomic E-state index is 0.0434. The normalized spacial score (nSPS) is 10.7. The lowest BCUT2D eigenvalue weighted by Gasteiger charge is -2.07. The van der Waals surface area contributed by atoms with Gasteiger partial charge in [-0.2, -0.15) is 0 Å². The molecule has 3 aromatic rings. The second kappa shape index (κ2) is 7.68. The predicted octanol–water partition coefficient (Wildman–Crippen LogP) is 3.47. The third-order valence-corrected chi connectivity index (χ3v) is 3.95. The second-order valence-electron chi connectivity index (χ2n) is 5.75. The maximum Gasteiger partial charge on any atom is 0.224 e. The fourth-order valence-electron chi connectivity index (χ4n) is 2.72. The number of hydrogen-bond acceptors (Lipinski definition) is 2. The van der Waals surface area contributed by atoms with E-state index in [1.54, 1.807) is 0 Å². The van der Waals surface area contributed by atoms with E-state index in [2.05, 4.69) is 34.6 Å². The summed E-state index contributed by atoms with van der Waals surface area (Å²) in [4.78, 5) is 15.2. The van der Waals surface area contributed by atoms with Crippen molar-refractivity contribution >= 4 is 16.8 Å². The number of ether oxygens (including phenoxy) is 1. The van der Waals surface area contributed by atoms with E-state index >= 15 is 0 Å². The van der Waals surface area contributed by atoms with E-state index in [1.807, 2.05) is 37.4 Å². The maximum atomic E-state index is 12.0. The smallest absolute Gasteiger partial charge is 0.224 e. The molecule has 3 rings (SSSR count). The molecule has 0 atom stereocenters. The number of H-pyrrole nitrogens is 1. The van der Waals surface area contributed by atoms with Gasteiger partial charge in [-0.25, -0.2) is 0 Å². The van der Waals surface area contributed by atoms with Crippen LogP contribution in [0.5, 0.6) is 5.75 Å². The van der Waals surface area contributed by atoms with Crippen LogP contribution in [0.4, 0.5) is 0 Å². The van der Waals surface area contributed by atoms with Crippen molar-refractivity contribution in [3.8, 4) is 5.75 Å². The Balaban J connectivity index is 1.46. The highest BCUT2D eigenvalue weighted by molar-refractivity contribution is 5.80. The maximum absolute atomic E-state index is 12.0. The summed E-state index contributed by atoms with van der Waals surface area (Å²) in [6.45, 7) is 3.25. The monoisotopic (exact) mass is 322 g/mol. The first kappa shape index (κ1) is 16.1. The molecule has 1 heterocycles. The first-order valence-corrected chi connectivity index (χ1v) is 8.29. The first-order chi connectivity index (χ1) is 11.7. The van der Waals surface area contributed by atoms with E-state index in [9.17, 15) is 4.79 Å². The number of hydrogen-bond donors (Lipinski definition) is 2. The molecule has 0 bridgehead atoms. The zero-order valence-corrected chi connectivity index (χ0v) is 13.8. The minimum Gasteiger partial charge on any atom is -0.494 e. The van der Waals surface area contributed by atoms with Gasteiger partial charge in [0.2, 0.25) is 5.91 Å². The number of carbonyl (C=O) groups excluding carboxylic acids is 1. The van der Waals surface area contributed by atoms with Crippen LogP contribution in [0.3, 0.4) is 0 Å². The van der Waals surface area contributed by atoms with Gasteiger partial charge in [0.1, 0.15) is 5.75 Å². The Morgan fingerprint density at radius 3 is 2.67 bits per heavy atom. The van der Waals surface area contributed by atoms with Gasteiger partial charge in [0, 0.05) is 18.3 Å². The third-order valence-electron chi connectivity index (χ3n) is 3.95. The average Bonchev–Trinajstić information content (AvgIpc) is 3.05. The molecule has 0 aliphatic rings. The summed E-state index contributed by atoms with van der Waals surface area (Å²) in [6.07, 6.45) is 3.16. The largest absolute Gasteiger partial charge is 0.494 e. The first-order valence-electron chi connectivity index (χ1n) is 8.29. The fraction of sp³-hybridized carbons (Fsp3) is 0.250. The van der Waals surface area contributed by atoms with Crippen LogP contribution in [0.1, 0.15) is 18.1 Å². The Bertz CT molecular complexity index is 806. The predicted molar refractivity (Wildman–Crippen MR) is 96.3 cm³/mol. The van der Waals surface area contributed by atoms with E-state index < -0.39 is 0 Å². The van der Waals surface area contributed by atoms with Crippen LogP contribution in [-0.2, 0) is 17.6 Å². The highest BCUT2D eigenvalue weighted by Crippen LogP contribution is 2.15. The van der Waals surface area contributed by atoms with Crippen LogP contribution in [0.2, 0.25) is 0 Å². The van der Waals surface area contributed by atoms with Crippen molar-refractivity contribution in [3.63, 3.8) is 0 Å². The lowest BCUT2D eigenvalue weighted by atomic mass is 10.1. The molecule has 0 aliphatic carbocycles. The topological polar surface area (TPSA) is 54.1 Å². The van der Waals surface area contributed by atoms with Crippen molar-refractivity contribution in [2.75, 3.05) is 13.2 Å². The van der Waals surface area contributed by atoms with E-state index in [0.717, 1.165) is 23.3 Å². The molecular weight excluding hydrogens is 300 g/mol. The quantitative estimate of drug-likeness (QED) is 0.700. The SMILES string of the molecule is CCOc1ccc(CC(=O)NCCc2ccc3[nH]ccc3c2)cc1. The highest BCUT2D eigenvalue weighted by Gasteiger charge is 2.04. The molecule has 24 heavy (non-hydrogen) atoms. The van der Waals surface area contributed by atoms with Gasteiger partial charge in [0.25, 0.3) is 0 Å². The zero-order chi connectivity index (χ0) is 16.8. The number of carbonyl (C=O) groups is 1. The summed E-state index contributed by atoms with van der Waals surface area (Å²) < 4.78 is 5.40. The Morgan fingerprint density at radius 1 is 1.08 bits per heavy atom. The molecule has 1 amide bonds. The van der Waals surface area contributed by atoms with Gasteiger partial charge < -0.3 is 15.0 Å². The molecule has 2 N–H and O–H groups in total. The standard InChI is InChI=1S/C20H22N2O2/c1-2-24-18-6-3-15(4-7-18)14-20(23)22-11-9-16-5-8-19-17(13-16)10-12-21-19/h3-8,10,12-13,21H,2,9,11,14H2,1H3,(H,22,23). The molecule has 1 aromatic heterocycles. The van der Waals surface area contributed by atoms with Crippen LogP contribution in [-0.4, -0.2) is 24.0 Å². The zero-order valence-electron chi connectivity index (χ0n) is 13.8. The molecule has 4 heteroatoms. The van der Waals surface area contributed by atoms with Gasteiger partial charge in [0.15, 0.2) is 0 Å². The number of aromatic nitrogens is 1. The molecule has 0 radical (unpaired) electrons. The average molecular weight is 322 g/mol. The molecule has 2 aromatic carbocycles. The number of amides is 1. The fourth-order valence-corrected chi connectivity index (χ4v) is 2.72. The van der Waals surface area contributed by atoms with Gasteiger partial charge >= 0.3 is 0 Å². The van der Waals surface area contributed by atoms with Crippen molar-refractivity contribution < 1.29 is 9.53 Å². The lowest BCUT2D eigenvalue weighted by molar-refractivity contribution is -0.120.